The van der Waals surface area contributed by atoms with E-state index in [2.05, 4.69) is 15.6 Å². The lowest BCUT2D eigenvalue weighted by atomic mass is 10.2. The number of amides is 2. The van der Waals surface area contributed by atoms with E-state index < -0.39 is 0 Å². The Balaban J connectivity index is 1.59. The van der Waals surface area contributed by atoms with Crippen LogP contribution in [0.25, 0.3) is 0 Å². The summed E-state index contributed by atoms with van der Waals surface area (Å²) < 4.78 is 10.6. The molecule has 0 aliphatic heterocycles. The summed E-state index contributed by atoms with van der Waals surface area (Å²) in [6.45, 7) is 0.708. The Morgan fingerprint density at radius 3 is 2.76 bits per heavy atom. The van der Waals surface area contributed by atoms with E-state index in [-0.39, 0.29) is 18.2 Å². The van der Waals surface area contributed by atoms with Crippen molar-refractivity contribution in [2.75, 3.05) is 31.0 Å². The van der Waals surface area contributed by atoms with Crippen LogP contribution in [0.2, 0.25) is 5.02 Å². The molecule has 29 heavy (non-hydrogen) atoms. The number of thiazole rings is 1. The molecule has 0 fully saturated rings. The van der Waals surface area contributed by atoms with Crippen molar-refractivity contribution in [1.29, 1.82) is 0 Å². The Morgan fingerprint density at radius 2 is 2.00 bits per heavy atom. The van der Waals surface area contributed by atoms with Crippen LogP contribution in [0.15, 0.2) is 41.1 Å². The molecule has 0 unspecified atom stereocenters. The third kappa shape index (κ3) is 6.01. The van der Waals surface area contributed by atoms with Gasteiger partial charge in [-0.1, -0.05) is 23.7 Å². The number of benzene rings is 1. The molecule has 10 heteroatoms. The van der Waals surface area contributed by atoms with Crippen molar-refractivity contribution < 1.29 is 19.1 Å². The molecular formula is C19H18ClN3O4S2. The highest BCUT2D eigenvalue weighted by Crippen LogP contribution is 2.33. The van der Waals surface area contributed by atoms with Crippen molar-refractivity contribution in [3.63, 3.8) is 0 Å². The first-order chi connectivity index (χ1) is 14.1. The van der Waals surface area contributed by atoms with Crippen LogP contribution in [0.1, 0.15) is 15.4 Å². The molecule has 7 nitrogen and oxygen atoms in total. The SMILES string of the molecule is COCCOc1c(Cl)cccc1NC(=O)Cc1csc(NC(=O)c2cccs2)n1. The van der Waals surface area contributed by atoms with Crippen molar-refractivity contribution in [1.82, 2.24) is 4.98 Å². The lowest BCUT2D eigenvalue weighted by Gasteiger charge is -2.13. The predicted molar refractivity (Wildman–Crippen MR) is 116 cm³/mol. The molecule has 0 saturated carbocycles. The van der Waals surface area contributed by atoms with Crippen LogP contribution in [-0.2, 0) is 16.0 Å². The highest BCUT2D eigenvalue weighted by Gasteiger charge is 2.15. The number of methoxy groups -OCH3 is 1. The van der Waals surface area contributed by atoms with Crippen molar-refractivity contribution in [3.05, 3.63) is 56.7 Å². The number of hydrogen-bond acceptors (Lipinski definition) is 7. The molecule has 0 saturated heterocycles. The van der Waals surface area contributed by atoms with E-state index >= 15 is 0 Å². The summed E-state index contributed by atoms with van der Waals surface area (Å²) >= 11 is 8.79. The molecule has 0 aliphatic rings. The maximum atomic E-state index is 12.4. The molecule has 3 rings (SSSR count). The van der Waals surface area contributed by atoms with Gasteiger partial charge in [-0.3, -0.25) is 14.9 Å². The molecule has 152 valence electrons. The van der Waals surface area contributed by atoms with Crippen molar-refractivity contribution in [3.8, 4) is 5.75 Å². The van der Waals surface area contributed by atoms with E-state index in [1.807, 2.05) is 5.38 Å². The van der Waals surface area contributed by atoms with E-state index in [1.54, 1.807) is 42.8 Å². The summed E-state index contributed by atoms with van der Waals surface area (Å²) in [5, 5.41) is 9.92. The van der Waals surface area contributed by atoms with Gasteiger partial charge in [-0.15, -0.1) is 22.7 Å². The van der Waals surface area contributed by atoms with Gasteiger partial charge < -0.3 is 14.8 Å². The fourth-order valence-corrected chi connectivity index (χ4v) is 3.91. The van der Waals surface area contributed by atoms with Gasteiger partial charge in [0, 0.05) is 12.5 Å². The number of aromatic nitrogens is 1. The monoisotopic (exact) mass is 451 g/mol. The van der Waals surface area contributed by atoms with E-state index in [1.165, 1.54) is 22.7 Å². The summed E-state index contributed by atoms with van der Waals surface area (Å²) in [6, 6.07) is 8.66. The fourth-order valence-electron chi connectivity index (χ4n) is 2.35. The highest BCUT2D eigenvalue weighted by atomic mass is 35.5. The van der Waals surface area contributed by atoms with E-state index in [0.717, 1.165) is 0 Å². The lowest BCUT2D eigenvalue weighted by molar-refractivity contribution is -0.115. The van der Waals surface area contributed by atoms with E-state index in [4.69, 9.17) is 21.1 Å². The average molecular weight is 452 g/mol. The van der Waals surface area contributed by atoms with Crippen LogP contribution >= 0.6 is 34.3 Å². The van der Waals surface area contributed by atoms with Crippen molar-refractivity contribution in [2.45, 2.75) is 6.42 Å². The minimum Gasteiger partial charge on any atom is -0.487 e. The number of halogens is 1. The van der Waals surface area contributed by atoms with E-state index in [0.29, 0.717) is 45.4 Å². The van der Waals surface area contributed by atoms with Gasteiger partial charge in [-0.25, -0.2) is 4.98 Å². The number of carbonyl (C=O) groups excluding carboxylic acids is 2. The number of anilines is 2. The highest BCUT2D eigenvalue weighted by molar-refractivity contribution is 7.14. The van der Waals surface area contributed by atoms with Crippen LogP contribution < -0.4 is 15.4 Å². The zero-order valence-electron chi connectivity index (χ0n) is 15.4. The summed E-state index contributed by atoms with van der Waals surface area (Å²) in [5.41, 5.74) is 1.03. The lowest BCUT2D eigenvalue weighted by Crippen LogP contribution is -2.16. The Bertz CT molecular complexity index is 976. The fraction of sp³-hybridized carbons (Fsp3) is 0.211. The molecule has 2 amide bonds. The van der Waals surface area contributed by atoms with Gasteiger partial charge in [-0.05, 0) is 23.6 Å². The second kappa shape index (κ2) is 10.4. The van der Waals surface area contributed by atoms with Crippen molar-refractivity contribution in [2.24, 2.45) is 0 Å². The van der Waals surface area contributed by atoms with Gasteiger partial charge in [0.05, 0.1) is 34.3 Å². The Hall–Kier alpha value is -2.46. The van der Waals surface area contributed by atoms with E-state index in [9.17, 15) is 9.59 Å². The minimum absolute atomic E-state index is 0.0510. The quantitative estimate of drug-likeness (QED) is 0.473. The van der Waals surface area contributed by atoms with Gasteiger partial charge in [-0.2, -0.15) is 0 Å². The normalized spacial score (nSPS) is 10.6. The van der Waals surface area contributed by atoms with Gasteiger partial charge >= 0.3 is 0 Å². The Kier molecular flexibility index (Phi) is 7.59. The molecule has 0 spiro atoms. The number of nitrogens with one attached hydrogen (secondary N) is 2. The Labute approximate surface area is 180 Å². The number of carbonyl (C=O) groups is 2. The third-order valence-corrected chi connectivity index (χ3v) is 5.61. The van der Waals surface area contributed by atoms with Crippen LogP contribution in [-0.4, -0.2) is 37.1 Å². The number of para-hydroxylation sites is 1. The second-order valence-electron chi connectivity index (χ2n) is 5.76. The Morgan fingerprint density at radius 1 is 1.14 bits per heavy atom. The molecule has 0 radical (unpaired) electrons. The summed E-state index contributed by atoms with van der Waals surface area (Å²) in [6.07, 6.45) is 0.0510. The summed E-state index contributed by atoms with van der Waals surface area (Å²) in [7, 11) is 1.57. The number of hydrogen-bond donors (Lipinski definition) is 2. The van der Waals surface area contributed by atoms with Gasteiger partial charge in [0.25, 0.3) is 5.91 Å². The zero-order valence-corrected chi connectivity index (χ0v) is 17.8. The average Bonchev–Trinajstić information content (AvgIpc) is 3.36. The first kappa shape index (κ1) is 21.3. The largest absolute Gasteiger partial charge is 0.487 e. The molecule has 0 atom stereocenters. The van der Waals surface area contributed by atoms with Crippen LogP contribution in [0.3, 0.4) is 0 Å². The van der Waals surface area contributed by atoms with Crippen LogP contribution in [0.5, 0.6) is 5.75 Å². The standard InChI is InChI=1S/C19H18ClN3O4S2/c1-26-7-8-27-17-13(20)4-2-5-14(17)22-16(24)10-12-11-29-19(21-12)23-18(25)15-6-3-9-28-15/h2-6,9,11H,7-8,10H2,1H3,(H,22,24)(H,21,23,25). The smallest absolute Gasteiger partial charge is 0.267 e. The first-order valence-corrected chi connectivity index (χ1v) is 10.7. The number of ether oxygens (including phenoxy) is 2. The summed E-state index contributed by atoms with van der Waals surface area (Å²) in [5.74, 6) is -0.103. The number of rotatable bonds is 9. The second-order valence-corrected chi connectivity index (χ2v) is 7.97. The molecule has 0 aliphatic carbocycles. The summed E-state index contributed by atoms with van der Waals surface area (Å²) in [4.78, 5) is 29.4. The molecule has 2 N–H and O–H groups in total. The van der Waals surface area contributed by atoms with Crippen LogP contribution in [0.4, 0.5) is 10.8 Å². The zero-order chi connectivity index (χ0) is 20.6. The van der Waals surface area contributed by atoms with Crippen LogP contribution in [0, 0.1) is 0 Å². The maximum absolute atomic E-state index is 12.4. The molecular weight excluding hydrogens is 434 g/mol. The molecule has 0 bridgehead atoms. The molecule has 2 aromatic heterocycles. The van der Waals surface area contributed by atoms with Gasteiger partial charge in [0.1, 0.15) is 6.61 Å². The molecule has 2 heterocycles. The third-order valence-electron chi connectivity index (χ3n) is 3.63. The van der Waals surface area contributed by atoms with Crippen molar-refractivity contribution >= 4 is 56.9 Å². The first-order valence-electron chi connectivity index (χ1n) is 8.56. The van der Waals surface area contributed by atoms with Gasteiger partial charge in [0.15, 0.2) is 10.9 Å². The number of thiophene rings is 1. The topological polar surface area (TPSA) is 89.5 Å². The maximum Gasteiger partial charge on any atom is 0.267 e. The molecule has 1 aromatic carbocycles. The van der Waals surface area contributed by atoms with Gasteiger partial charge in [0.2, 0.25) is 5.91 Å². The minimum atomic E-state index is -0.273. The molecule has 3 aromatic rings. The number of nitrogens with zero attached hydrogens (tertiary/aromatic N) is 1. The predicted octanol–water partition coefficient (Wildman–Crippen LogP) is 4.32.